The summed E-state index contributed by atoms with van der Waals surface area (Å²) >= 11 is 0. The lowest BCUT2D eigenvalue weighted by Crippen LogP contribution is -2.14. The highest BCUT2D eigenvalue weighted by Crippen LogP contribution is 2.14. The van der Waals surface area contributed by atoms with Gasteiger partial charge in [-0.25, -0.2) is 0 Å². The van der Waals surface area contributed by atoms with Gasteiger partial charge in [0.05, 0.1) is 6.54 Å². The summed E-state index contributed by atoms with van der Waals surface area (Å²) in [4.78, 5) is 0. The fraction of sp³-hybridized carbons (Fsp3) is 0.500. The summed E-state index contributed by atoms with van der Waals surface area (Å²) in [7, 11) is 0. The van der Waals surface area contributed by atoms with Gasteiger partial charge >= 0.3 is 0 Å². The summed E-state index contributed by atoms with van der Waals surface area (Å²) in [6.07, 6.45) is 10.4. The molecule has 1 N–H and O–H groups in total. The Labute approximate surface area is 128 Å². The van der Waals surface area contributed by atoms with E-state index in [-0.39, 0.29) is 0 Å². The Kier molecular flexibility index (Phi) is 6.32. The van der Waals surface area contributed by atoms with Gasteiger partial charge in [0.15, 0.2) is 0 Å². The van der Waals surface area contributed by atoms with E-state index >= 15 is 0 Å². The highest BCUT2D eigenvalue weighted by Gasteiger charge is 2.02. The number of hydrogen-bond acceptors (Lipinski definition) is 2. The van der Waals surface area contributed by atoms with Crippen molar-refractivity contribution in [1.29, 1.82) is 0 Å². The summed E-state index contributed by atoms with van der Waals surface area (Å²) in [5, 5.41) is 7.81. The van der Waals surface area contributed by atoms with Crippen molar-refractivity contribution in [1.82, 2.24) is 9.78 Å². The molecule has 1 atom stereocenters. The maximum Gasteiger partial charge on any atom is 0.0659 e. The van der Waals surface area contributed by atoms with Gasteiger partial charge in [-0.1, -0.05) is 44.7 Å². The number of nitrogens with zero attached hydrogens (tertiary/aromatic N) is 2. The third-order valence-corrected chi connectivity index (χ3v) is 3.76. The first kappa shape index (κ1) is 15.6. The van der Waals surface area contributed by atoms with Gasteiger partial charge in [-0.15, -0.1) is 0 Å². The molecule has 0 aliphatic heterocycles. The van der Waals surface area contributed by atoms with Crippen LogP contribution in [0.4, 0.5) is 5.69 Å². The maximum absolute atomic E-state index is 4.23. The molecule has 2 aromatic rings. The molecule has 2 rings (SSSR count). The Morgan fingerprint density at radius 2 is 1.95 bits per heavy atom. The van der Waals surface area contributed by atoms with Crippen molar-refractivity contribution in [3.8, 4) is 0 Å². The van der Waals surface area contributed by atoms with E-state index in [4.69, 9.17) is 0 Å². The summed E-state index contributed by atoms with van der Waals surface area (Å²) in [5.74, 6) is 0. The van der Waals surface area contributed by atoms with Crippen molar-refractivity contribution in [2.24, 2.45) is 0 Å². The van der Waals surface area contributed by atoms with Crippen LogP contribution < -0.4 is 5.32 Å². The van der Waals surface area contributed by atoms with Crippen molar-refractivity contribution in [3.05, 3.63) is 48.3 Å². The van der Waals surface area contributed by atoms with Crippen LogP contribution in [0.15, 0.2) is 42.7 Å². The molecule has 0 saturated carbocycles. The van der Waals surface area contributed by atoms with E-state index in [2.05, 4.69) is 48.5 Å². The van der Waals surface area contributed by atoms with E-state index in [1.165, 1.54) is 43.4 Å². The molecule has 3 nitrogen and oxygen atoms in total. The minimum absolute atomic E-state index is 0.541. The molecule has 3 heteroatoms. The third kappa shape index (κ3) is 5.62. The Hall–Kier alpha value is -1.77. The number of aromatic nitrogens is 2. The summed E-state index contributed by atoms with van der Waals surface area (Å²) in [6, 6.07) is 11.2. The highest BCUT2D eigenvalue weighted by molar-refractivity contribution is 5.45. The van der Waals surface area contributed by atoms with Crippen LogP contribution in [0, 0.1) is 0 Å². The Bertz CT molecular complexity index is 488. The van der Waals surface area contributed by atoms with E-state index < -0.39 is 0 Å². The van der Waals surface area contributed by atoms with Gasteiger partial charge in [0.1, 0.15) is 0 Å². The quantitative estimate of drug-likeness (QED) is 0.677. The summed E-state index contributed by atoms with van der Waals surface area (Å²) in [6.45, 7) is 5.36. The number of nitrogens with one attached hydrogen (secondary N) is 1. The second-order valence-corrected chi connectivity index (χ2v) is 5.80. The number of unbranched alkanes of at least 4 members (excludes halogenated alkanes) is 3. The Morgan fingerprint density at radius 3 is 2.62 bits per heavy atom. The van der Waals surface area contributed by atoms with Gasteiger partial charge in [-0.2, -0.15) is 5.10 Å². The van der Waals surface area contributed by atoms with Crippen LogP contribution >= 0.6 is 0 Å². The zero-order chi connectivity index (χ0) is 14.9. The molecule has 0 fully saturated rings. The molecule has 114 valence electrons. The standard InChI is InChI=1S/C18H27N3/c1-3-4-5-6-8-16(2)20-18-11-9-17(10-12-18)15-21-14-7-13-19-21/h7,9-14,16,20H,3-6,8,15H2,1-2H3. The first-order valence-electron chi connectivity index (χ1n) is 8.11. The number of hydrogen-bond donors (Lipinski definition) is 1. The smallest absolute Gasteiger partial charge is 0.0659 e. The molecule has 1 aromatic heterocycles. The Morgan fingerprint density at radius 1 is 1.14 bits per heavy atom. The first-order valence-corrected chi connectivity index (χ1v) is 8.11. The molecule has 0 aliphatic carbocycles. The van der Waals surface area contributed by atoms with Crippen molar-refractivity contribution in [2.75, 3.05) is 5.32 Å². The maximum atomic E-state index is 4.23. The Balaban J connectivity index is 1.76. The minimum Gasteiger partial charge on any atom is -0.383 e. The molecule has 0 spiro atoms. The van der Waals surface area contributed by atoms with Crippen LogP contribution in [0.1, 0.15) is 51.5 Å². The van der Waals surface area contributed by atoms with Gasteiger partial charge in [-0.05, 0) is 37.1 Å². The van der Waals surface area contributed by atoms with E-state index in [0.717, 1.165) is 6.54 Å². The van der Waals surface area contributed by atoms with E-state index in [0.29, 0.717) is 6.04 Å². The molecule has 0 saturated heterocycles. The van der Waals surface area contributed by atoms with Gasteiger partial charge < -0.3 is 5.32 Å². The van der Waals surface area contributed by atoms with Gasteiger partial charge in [0.2, 0.25) is 0 Å². The molecule has 21 heavy (non-hydrogen) atoms. The van der Waals surface area contributed by atoms with Crippen LogP contribution in [-0.4, -0.2) is 15.8 Å². The molecule has 1 aromatic carbocycles. The zero-order valence-electron chi connectivity index (χ0n) is 13.3. The summed E-state index contributed by atoms with van der Waals surface area (Å²) < 4.78 is 1.94. The predicted octanol–water partition coefficient (Wildman–Crippen LogP) is 4.70. The molecule has 0 bridgehead atoms. The van der Waals surface area contributed by atoms with Crippen molar-refractivity contribution < 1.29 is 0 Å². The number of anilines is 1. The van der Waals surface area contributed by atoms with E-state index in [1.807, 2.05) is 23.1 Å². The SMILES string of the molecule is CCCCCCC(C)Nc1ccc(Cn2cccn2)cc1. The zero-order valence-corrected chi connectivity index (χ0v) is 13.3. The highest BCUT2D eigenvalue weighted by atomic mass is 15.3. The second kappa shape index (κ2) is 8.50. The number of benzene rings is 1. The lowest BCUT2D eigenvalue weighted by atomic mass is 10.1. The minimum atomic E-state index is 0.541. The van der Waals surface area contributed by atoms with Crippen LogP contribution in [0.5, 0.6) is 0 Å². The molecule has 1 heterocycles. The lowest BCUT2D eigenvalue weighted by molar-refractivity contribution is 0.594. The van der Waals surface area contributed by atoms with Crippen molar-refractivity contribution in [2.45, 2.75) is 58.5 Å². The normalized spacial score (nSPS) is 12.3. The molecular formula is C18H27N3. The van der Waals surface area contributed by atoms with E-state index in [1.54, 1.807) is 0 Å². The summed E-state index contributed by atoms with van der Waals surface area (Å²) in [5.41, 5.74) is 2.49. The van der Waals surface area contributed by atoms with Crippen LogP contribution in [0.3, 0.4) is 0 Å². The van der Waals surface area contributed by atoms with Crippen LogP contribution in [0.25, 0.3) is 0 Å². The average Bonchev–Trinajstić information content (AvgIpc) is 2.99. The monoisotopic (exact) mass is 285 g/mol. The first-order chi connectivity index (χ1) is 10.3. The molecular weight excluding hydrogens is 258 g/mol. The van der Waals surface area contributed by atoms with E-state index in [9.17, 15) is 0 Å². The van der Waals surface area contributed by atoms with Crippen molar-refractivity contribution >= 4 is 5.69 Å². The second-order valence-electron chi connectivity index (χ2n) is 5.80. The van der Waals surface area contributed by atoms with Gasteiger partial charge in [-0.3, -0.25) is 4.68 Å². The molecule has 0 aliphatic rings. The number of rotatable bonds is 9. The van der Waals surface area contributed by atoms with Gasteiger partial charge in [0.25, 0.3) is 0 Å². The molecule has 0 radical (unpaired) electrons. The molecule has 0 amide bonds. The average molecular weight is 285 g/mol. The third-order valence-electron chi connectivity index (χ3n) is 3.76. The fourth-order valence-corrected chi connectivity index (χ4v) is 2.52. The fourth-order valence-electron chi connectivity index (χ4n) is 2.52. The molecule has 1 unspecified atom stereocenters. The van der Waals surface area contributed by atoms with Gasteiger partial charge in [0, 0.05) is 24.1 Å². The van der Waals surface area contributed by atoms with Crippen molar-refractivity contribution in [3.63, 3.8) is 0 Å². The van der Waals surface area contributed by atoms with Crippen LogP contribution in [-0.2, 0) is 6.54 Å². The largest absolute Gasteiger partial charge is 0.383 e. The topological polar surface area (TPSA) is 29.9 Å². The lowest BCUT2D eigenvalue weighted by Gasteiger charge is -2.15. The predicted molar refractivity (Wildman–Crippen MR) is 89.6 cm³/mol. The van der Waals surface area contributed by atoms with Crippen LogP contribution in [0.2, 0.25) is 0 Å².